The molecule has 0 bridgehead atoms. The van der Waals surface area contributed by atoms with E-state index in [-0.39, 0.29) is 10.6 Å². The molecular formula is C19H14ClN3O3. The average Bonchev–Trinajstić information content (AvgIpc) is 2.86. The highest BCUT2D eigenvalue weighted by Gasteiger charge is 2.49. The van der Waals surface area contributed by atoms with Crippen molar-refractivity contribution in [3.8, 4) is 6.07 Å². The van der Waals surface area contributed by atoms with Crippen molar-refractivity contribution >= 4 is 29.3 Å². The van der Waals surface area contributed by atoms with Crippen molar-refractivity contribution < 1.29 is 14.4 Å². The van der Waals surface area contributed by atoms with Gasteiger partial charge in [-0.25, -0.2) is 4.79 Å². The van der Waals surface area contributed by atoms with Gasteiger partial charge in [0.1, 0.15) is 5.54 Å². The van der Waals surface area contributed by atoms with Crippen LogP contribution in [0, 0.1) is 11.3 Å². The summed E-state index contributed by atoms with van der Waals surface area (Å²) in [5.74, 6) is -0.962. The summed E-state index contributed by atoms with van der Waals surface area (Å²) in [6, 6.07) is 14.2. The van der Waals surface area contributed by atoms with E-state index in [0.29, 0.717) is 11.1 Å². The van der Waals surface area contributed by atoms with Crippen molar-refractivity contribution in [3.05, 3.63) is 70.2 Å². The zero-order valence-electron chi connectivity index (χ0n) is 13.8. The molecule has 1 atom stereocenters. The Bertz CT molecular complexity index is 949. The summed E-state index contributed by atoms with van der Waals surface area (Å²) in [5, 5.41) is 11.8. The van der Waals surface area contributed by atoms with E-state index in [1.807, 2.05) is 6.07 Å². The fraction of sp³-hybridized carbons (Fsp3) is 0.158. The fourth-order valence-corrected chi connectivity index (χ4v) is 3.07. The van der Waals surface area contributed by atoms with Crippen molar-refractivity contribution in [2.24, 2.45) is 0 Å². The van der Waals surface area contributed by atoms with Gasteiger partial charge in [0.05, 0.1) is 23.2 Å². The Labute approximate surface area is 155 Å². The highest BCUT2D eigenvalue weighted by Crippen LogP contribution is 2.29. The summed E-state index contributed by atoms with van der Waals surface area (Å²) in [7, 11) is 0. The zero-order chi connectivity index (χ0) is 18.9. The molecule has 3 rings (SSSR count). The lowest BCUT2D eigenvalue weighted by molar-refractivity contribution is -0.130. The molecular weight excluding hydrogens is 354 g/mol. The number of hydrogen-bond acceptors (Lipinski definition) is 4. The summed E-state index contributed by atoms with van der Waals surface area (Å²) >= 11 is 6.01. The maximum atomic E-state index is 12.8. The van der Waals surface area contributed by atoms with Gasteiger partial charge < -0.3 is 5.32 Å². The molecule has 0 radical (unpaired) electrons. The van der Waals surface area contributed by atoms with Crippen LogP contribution in [0.15, 0.2) is 48.5 Å². The van der Waals surface area contributed by atoms with Crippen LogP contribution in [0.1, 0.15) is 28.4 Å². The largest absolute Gasteiger partial charge is 0.325 e. The summed E-state index contributed by atoms with van der Waals surface area (Å²) < 4.78 is 0. The van der Waals surface area contributed by atoms with Crippen LogP contribution in [0.3, 0.4) is 0 Å². The minimum atomic E-state index is -1.30. The second kappa shape index (κ2) is 6.62. The molecule has 3 amide bonds. The lowest BCUT2D eigenvalue weighted by atomic mass is 9.91. The predicted octanol–water partition coefficient (Wildman–Crippen LogP) is 2.86. The van der Waals surface area contributed by atoms with Crippen LogP contribution in [0.4, 0.5) is 4.79 Å². The Hall–Kier alpha value is -3.17. The number of nitrogens with zero attached hydrogens (tertiary/aromatic N) is 2. The SMILES string of the molecule is C[C@@]1(c2ccc(C#N)cc2)NC(=O)N(CC(=O)c2ccccc2Cl)C1=O. The van der Waals surface area contributed by atoms with Crippen molar-refractivity contribution in [2.75, 3.05) is 6.54 Å². The van der Waals surface area contributed by atoms with E-state index >= 15 is 0 Å². The molecule has 1 saturated heterocycles. The monoisotopic (exact) mass is 367 g/mol. The van der Waals surface area contributed by atoms with Gasteiger partial charge in [0, 0.05) is 5.56 Å². The minimum Gasteiger partial charge on any atom is -0.319 e. The second-order valence-corrected chi connectivity index (χ2v) is 6.45. The van der Waals surface area contributed by atoms with Gasteiger partial charge in [-0.3, -0.25) is 14.5 Å². The maximum Gasteiger partial charge on any atom is 0.325 e. The summed E-state index contributed by atoms with van der Waals surface area (Å²) in [6.45, 7) is 1.16. The molecule has 6 nitrogen and oxygen atoms in total. The normalized spacial score (nSPS) is 19.2. The number of ketones is 1. The number of carbonyl (C=O) groups excluding carboxylic acids is 3. The molecule has 0 aliphatic carbocycles. The van der Waals surface area contributed by atoms with Crippen LogP contribution in [-0.2, 0) is 10.3 Å². The van der Waals surface area contributed by atoms with Crippen LogP contribution >= 0.6 is 11.6 Å². The van der Waals surface area contributed by atoms with E-state index in [9.17, 15) is 14.4 Å². The minimum absolute atomic E-state index is 0.252. The van der Waals surface area contributed by atoms with Gasteiger partial charge in [0.2, 0.25) is 0 Å². The molecule has 2 aromatic rings. The number of carbonyl (C=O) groups is 3. The van der Waals surface area contributed by atoms with E-state index in [2.05, 4.69) is 5.32 Å². The lowest BCUT2D eigenvalue weighted by Crippen LogP contribution is -2.41. The van der Waals surface area contributed by atoms with E-state index in [4.69, 9.17) is 16.9 Å². The molecule has 7 heteroatoms. The molecule has 2 aromatic carbocycles. The van der Waals surface area contributed by atoms with Gasteiger partial charge in [0.15, 0.2) is 5.78 Å². The quantitative estimate of drug-likeness (QED) is 0.664. The third-order valence-electron chi connectivity index (χ3n) is 4.34. The van der Waals surface area contributed by atoms with E-state index in [0.717, 1.165) is 4.90 Å². The highest BCUT2D eigenvalue weighted by atomic mass is 35.5. The van der Waals surface area contributed by atoms with Gasteiger partial charge in [0.25, 0.3) is 5.91 Å². The summed E-state index contributed by atoms with van der Waals surface area (Å²) in [4.78, 5) is 38.5. The lowest BCUT2D eigenvalue weighted by Gasteiger charge is -2.22. The van der Waals surface area contributed by atoms with Crippen LogP contribution in [0.25, 0.3) is 0 Å². The van der Waals surface area contributed by atoms with Crippen molar-refractivity contribution in [1.29, 1.82) is 5.26 Å². The van der Waals surface area contributed by atoms with Crippen LogP contribution in [0.5, 0.6) is 0 Å². The number of halogens is 1. The molecule has 1 aliphatic heterocycles. The zero-order valence-corrected chi connectivity index (χ0v) is 14.6. The molecule has 0 unspecified atom stereocenters. The third-order valence-corrected chi connectivity index (χ3v) is 4.67. The molecule has 0 spiro atoms. The smallest absolute Gasteiger partial charge is 0.319 e. The maximum absolute atomic E-state index is 12.8. The van der Waals surface area contributed by atoms with Crippen molar-refractivity contribution in [2.45, 2.75) is 12.5 Å². The standard InChI is InChI=1S/C19H14ClN3O3/c1-19(13-8-6-12(10-21)7-9-13)17(25)23(18(26)22-19)11-16(24)14-4-2-3-5-15(14)20/h2-9H,11H2,1H3,(H,22,26)/t19-/m0/s1. The number of nitrogens with one attached hydrogen (secondary N) is 1. The summed E-state index contributed by atoms with van der Waals surface area (Å²) in [6.07, 6.45) is 0. The van der Waals surface area contributed by atoms with Gasteiger partial charge in [-0.2, -0.15) is 5.26 Å². The highest BCUT2D eigenvalue weighted by molar-refractivity contribution is 6.34. The Morgan fingerprint density at radius 3 is 2.46 bits per heavy atom. The topological polar surface area (TPSA) is 90.3 Å². The number of amides is 3. The van der Waals surface area contributed by atoms with Crippen LogP contribution in [0.2, 0.25) is 5.02 Å². The molecule has 1 heterocycles. The van der Waals surface area contributed by atoms with Crippen LogP contribution < -0.4 is 5.32 Å². The number of hydrogen-bond donors (Lipinski definition) is 1. The number of Topliss-reactive ketones (excluding diaryl/α,β-unsaturated/α-hetero) is 1. The molecule has 26 heavy (non-hydrogen) atoms. The Morgan fingerprint density at radius 2 is 1.85 bits per heavy atom. The molecule has 1 N–H and O–H groups in total. The van der Waals surface area contributed by atoms with Crippen molar-refractivity contribution in [3.63, 3.8) is 0 Å². The van der Waals surface area contributed by atoms with E-state index in [1.165, 1.54) is 0 Å². The molecule has 130 valence electrons. The molecule has 0 aromatic heterocycles. The van der Waals surface area contributed by atoms with E-state index in [1.54, 1.807) is 55.5 Å². The Morgan fingerprint density at radius 1 is 1.19 bits per heavy atom. The first-order valence-electron chi connectivity index (χ1n) is 7.79. The first-order valence-corrected chi connectivity index (χ1v) is 8.17. The third kappa shape index (κ3) is 2.93. The van der Waals surface area contributed by atoms with Gasteiger partial charge in [-0.05, 0) is 36.8 Å². The number of benzene rings is 2. The Balaban J connectivity index is 1.85. The van der Waals surface area contributed by atoms with Crippen LogP contribution in [-0.4, -0.2) is 29.2 Å². The fourth-order valence-electron chi connectivity index (χ4n) is 2.83. The molecule has 1 aliphatic rings. The first-order chi connectivity index (χ1) is 12.4. The number of rotatable bonds is 4. The first kappa shape index (κ1) is 17.6. The average molecular weight is 368 g/mol. The molecule has 0 saturated carbocycles. The van der Waals surface area contributed by atoms with E-state index < -0.39 is 29.8 Å². The van der Waals surface area contributed by atoms with Gasteiger partial charge in [-0.1, -0.05) is 35.9 Å². The number of urea groups is 1. The van der Waals surface area contributed by atoms with Gasteiger partial charge >= 0.3 is 6.03 Å². The number of imide groups is 1. The van der Waals surface area contributed by atoms with Crippen molar-refractivity contribution in [1.82, 2.24) is 10.2 Å². The summed E-state index contributed by atoms with van der Waals surface area (Å²) in [5.41, 5.74) is -0.0737. The van der Waals surface area contributed by atoms with Gasteiger partial charge in [-0.15, -0.1) is 0 Å². The molecule has 1 fully saturated rings. The second-order valence-electron chi connectivity index (χ2n) is 6.04. The predicted molar refractivity (Wildman–Crippen MR) is 94.5 cm³/mol. The number of nitriles is 1. The Kier molecular flexibility index (Phi) is 4.49.